The maximum atomic E-state index is 12.8. The summed E-state index contributed by atoms with van der Waals surface area (Å²) >= 11 is 5.92. The number of nitrogens with zero attached hydrogens (tertiary/aromatic N) is 2. The van der Waals surface area contributed by atoms with E-state index >= 15 is 0 Å². The Morgan fingerprint density at radius 1 is 1.07 bits per heavy atom. The molecule has 0 bridgehead atoms. The number of rotatable bonds is 6. The minimum Gasteiger partial charge on any atom is -0.326 e. The molecule has 3 aromatic rings. The van der Waals surface area contributed by atoms with E-state index in [1.807, 2.05) is 19.1 Å². The summed E-state index contributed by atoms with van der Waals surface area (Å²) in [5.41, 5.74) is 3.26. The molecule has 0 saturated carbocycles. The molecule has 2 N–H and O–H groups in total. The molecule has 0 saturated heterocycles. The van der Waals surface area contributed by atoms with E-state index < -0.39 is 10.0 Å². The van der Waals surface area contributed by atoms with Crippen molar-refractivity contribution in [2.45, 2.75) is 32.2 Å². The molecule has 1 heterocycles. The lowest BCUT2D eigenvalue weighted by atomic mass is 10.2. The molecule has 2 aromatic carbocycles. The lowest BCUT2D eigenvalue weighted by molar-refractivity contribution is -0.114. The Labute approximate surface area is 174 Å². The first-order valence-electron chi connectivity index (χ1n) is 8.84. The first-order valence-corrected chi connectivity index (χ1v) is 10.7. The third kappa shape index (κ3) is 4.96. The van der Waals surface area contributed by atoms with Gasteiger partial charge in [0.1, 0.15) is 0 Å². The number of halogens is 1. The Morgan fingerprint density at radius 3 is 2.28 bits per heavy atom. The molecule has 152 valence electrons. The molecule has 0 aliphatic carbocycles. The van der Waals surface area contributed by atoms with Crippen LogP contribution in [0.25, 0.3) is 0 Å². The van der Waals surface area contributed by atoms with Gasteiger partial charge in [0.25, 0.3) is 10.0 Å². The monoisotopic (exact) mass is 432 g/mol. The number of aromatic nitrogens is 2. The number of sulfonamides is 1. The van der Waals surface area contributed by atoms with Crippen molar-refractivity contribution in [1.82, 2.24) is 9.78 Å². The molecule has 29 heavy (non-hydrogen) atoms. The summed E-state index contributed by atoms with van der Waals surface area (Å²) in [4.78, 5) is 11.2. The number of aryl methyl sites for hydroxylation is 1. The summed E-state index contributed by atoms with van der Waals surface area (Å²) in [6, 6.07) is 13.4. The number of amides is 1. The molecular weight excluding hydrogens is 412 g/mol. The number of hydrogen-bond acceptors (Lipinski definition) is 4. The quantitative estimate of drug-likeness (QED) is 0.616. The van der Waals surface area contributed by atoms with Crippen molar-refractivity contribution in [2.24, 2.45) is 0 Å². The van der Waals surface area contributed by atoms with Crippen LogP contribution in [0.2, 0.25) is 5.02 Å². The molecule has 0 unspecified atom stereocenters. The number of hydrogen-bond donors (Lipinski definition) is 2. The molecule has 3 rings (SSSR count). The highest BCUT2D eigenvalue weighted by Gasteiger charge is 2.20. The van der Waals surface area contributed by atoms with E-state index in [1.54, 1.807) is 35.9 Å². The molecule has 1 aromatic heterocycles. The van der Waals surface area contributed by atoms with Gasteiger partial charge in [0.2, 0.25) is 5.91 Å². The van der Waals surface area contributed by atoms with Gasteiger partial charge in [-0.05, 0) is 55.8 Å². The van der Waals surface area contributed by atoms with Crippen LogP contribution in [-0.2, 0) is 21.4 Å². The van der Waals surface area contributed by atoms with Crippen LogP contribution < -0.4 is 10.0 Å². The third-order valence-electron chi connectivity index (χ3n) is 4.35. The largest absolute Gasteiger partial charge is 0.326 e. The van der Waals surface area contributed by atoms with Gasteiger partial charge in [-0.2, -0.15) is 5.10 Å². The van der Waals surface area contributed by atoms with Crippen molar-refractivity contribution < 1.29 is 13.2 Å². The number of anilines is 2. The number of carbonyl (C=O) groups is 1. The first-order chi connectivity index (χ1) is 13.7. The number of carbonyl (C=O) groups excluding carboxylic acids is 1. The Balaban J connectivity index is 1.82. The van der Waals surface area contributed by atoms with E-state index in [4.69, 9.17) is 11.6 Å². The van der Waals surface area contributed by atoms with Crippen molar-refractivity contribution in [3.05, 3.63) is 70.5 Å². The van der Waals surface area contributed by atoms with Crippen molar-refractivity contribution in [3.63, 3.8) is 0 Å². The average molecular weight is 433 g/mol. The van der Waals surface area contributed by atoms with Gasteiger partial charge in [-0.15, -0.1) is 0 Å². The Bertz CT molecular complexity index is 1140. The van der Waals surface area contributed by atoms with Crippen LogP contribution in [0.5, 0.6) is 0 Å². The SMILES string of the molecule is CC(=O)Nc1ccc(S(=O)(=O)Nc2c(C)nn(Cc3ccc(Cl)cc3)c2C)cc1. The van der Waals surface area contributed by atoms with Gasteiger partial charge in [0, 0.05) is 17.6 Å². The van der Waals surface area contributed by atoms with Crippen molar-refractivity contribution >= 4 is 38.9 Å². The molecule has 0 spiro atoms. The zero-order chi connectivity index (χ0) is 21.2. The average Bonchev–Trinajstić information content (AvgIpc) is 2.91. The zero-order valence-corrected chi connectivity index (χ0v) is 17.8. The predicted molar refractivity (Wildman–Crippen MR) is 114 cm³/mol. The van der Waals surface area contributed by atoms with E-state index in [2.05, 4.69) is 15.1 Å². The number of nitrogens with one attached hydrogen (secondary N) is 2. The number of benzene rings is 2. The lowest BCUT2D eigenvalue weighted by Crippen LogP contribution is -2.14. The van der Waals surface area contributed by atoms with Crippen LogP contribution >= 0.6 is 11.6 Å². The normalized spacial score (nSPS) is 11.3. The molecule has 0 fully saturated rings. The van der Waals surface area contributed by atoms with E-state index in [-0.39, 0.29) is 10.8 Å². The third-order valence-corrected chi connectivity index (χ3v) is 5.97. The molecule has 0 atom stereocenters. The van der Waals surface area contributed by atoms with Crippen LogP contribution in [-0.4, -0.2) is 24.1 Å². The Hall–Kier alpha value is -2.84. The first kappa shape index (κ1) is 20.9. The standard InChI is InChI=1S/C20H21ClN4O3S/c1-13-20(14(2)25(23-13)12-16-4-6-17(21)7-5-16)24-29(27,28)19-10-8-18(9-11-19)22-15(3)26/h4-11,24H,12H2,1-3H3,(H,22,26). The van der Waals surface area contributed by atoms with E-state index in [9.17, 15) is 13.2 Å². The maximum absolute atomic E-state index is 12.8. The second-order valence-electron chi connectivity index (χ2n) is 6.64. The van der Waals surface area contributed by atoms with Gasteiger partial charge in [0.15, 0.2) is 0 Å². The van der Waals surface area contributed by atoms with Crippen LogP contribution in [0.3, 0.4) is 0 Å². The van der Waals surface area contributed by atoms with Gasteiger partial charge in [0.05, 0.1) is 28.5 Å². The lowest BCUT2D eigenvalue weighted by Gasteiger charge is -2.10. The van der Waals surface area contributed by atoms with Crippen LogP contribution in [0.1, 0.15) is 23.9 Å². The molecule has 7 nitrogen and oxygen atoms in total. The molecule has 0 radical (unpaired) electrons. The Kier molecular flexibility index (Phi) is 5.95. The van der Waals surface area contributed by atoms with Gasteiger partial charge < -0.3 is 5.32 Å². The van der Waals surface area contributed by atoms with Gasteiger partial charge in [-0.3, -0.25) is 14.2 Å². The van der Waals surface area contributed by atoms with Crippen molar-refractivity contribution in [1.29, 1.82) is 0 Å². The highest BCUT2D eigenvalue weighted by Crippen LogP contribution is 2.25. The highest BCUT2D eigenvalue weighted by molar-refractivity contribution is 7.92. The fourth-order valence-electron chi connectivity index (χ4n) is 2.88. The van der Waals surface area contributed by atoms with Crippen LogP contribution in [0.15, 0.2) is 53.4 Å². The summed E-state index contributed by atoms with van der Waals surface area (Å²) in [5.74, 6) is -0.224. The molecular formula is C20H21ClN4O3S. The minimum atomic E-state index is -3.80. The summed E-state index contributed by atoms with van der Waals surface area (Å²) in [5, 5.41) is 7.72. The van der Waals surface area contributed by atoms with Crippen LogP contribution in [0, 0.1) is 13.8 Å². The fourth-order valence-corrected chi connectivity index (χ4v) is 4.18. The highest BCUT2D eigenvalue weighted by atomic mass is 35.5. The van der Waals surface area contributed by atoms with Crippen molar-refractivity contribution in [3.8, 4) is 0 Å². The van der Waals surface area contributed by atoms with E-state index in [0.29, 0.717) is 34.3 Å². The second-order valence-corrected chi connectivity index (χ2v) is 8.76. The zero-order valence-electron chi connectivity index (χ0n) is 16.2. The van der Waals surface area contributed by atoms with Gasteiger partial charge in [-0.1, -0.05) is 23.7 Å². The molecule has 0 aliphatic rings. The predicted octanol–water partition coefficient (Wildman–Crippen LogP) is 3.96. The molecule has 9 heteroatoms. The smallest absolute Gasteiger partial charge is 0.262 e. The summed E-state index contributed by atoms with van der Waals surface area (Å²) in [7, 11) is -3.80. The summed E-state index contributed by atoms with van der Waals surface area (Å²) < 4.78 is 30.0. The van der Waals surface area contributed by atoms with Gasteiger partial charge in [-0.25, -0.2) is 8.42 Å². The second kappa shape index (κ2) is 8.26. The maximum Gasteiger partial charge on any atom is 0.262 e. The molecule has 1 amide bonds. The summed E-state index contributed by atoms with van der Waals surface area (Å²) in [6.45, 7) is 5.45. The topological polar surface area (TPSA) is 93.1 Å². The fraction of sp³-hybridized carbons (Fsp3) is 0.200. The Morgan fingerprint density at radius 2 is 1.69 bits per heavy atom. The molecule has 0 aliphatic heterocycles. The minimum absolute atomic E-state index is 0.0934. The van der Waals surface area contributed by atoms with Crippen LogP contribution in [0.4, 0.5) is 11.4 Å². The van der Waals surface area contributed by atoms with Gasteiger partial charge >= 0.3 is 0 Å². The van der Waals surface area contributed by atoms with E-state index in [1.165, 1.54) is 19.1 Å². The van der Waals surface area contributed by atoms with Crippen molar-refractivity contribution in [2.75, 3.05) is 10.0 Å². The summed E-state index contributed by atoms with van der Waals surface area (Å²) in [6.07, 6.45) is 0. The van der Waals surface area contributed by atoms with E-state index in [0.717, 1.165) is 5.56 Å².